The molecule has 0 aliphatic carbocycles. The van der Waals surface area contributed by atoms with Crippen LogP contribution in [0, 0.1) is 5.82 Å². The van der Waals surface area contributed by atoms with Crippen LogP contribution in [0.15, 0.2) is 53.5 Å². The summed E-state index contributed by atoms with van der Waals surface area (Å²) in [5, 5.41) is 3.34. The van der Waals surface area contributed by atoms with Crippen LogP contribution in [0.5, 0.6) is 0 Å². The third kappa shape index (κ3) is 2.86. The number of hydrogen-bond donors (Lipinski definition) is 2. The minimum Gasteiger partial charge on any atom is -0.399 e. The largest absolute Gasteiger partial charge is 0.399 e. The molecule has 26 heavy (non-hydrogen) atoms. The molecule has 1 spiro atoms. The highest BCUT2D eigenvalue weighted by atomic mass is 19.1. The van der Waals surface area contributed by atoms with Gasteiger partial charge >= 0.3 is 6.03 Å². The molecule has 2 heterocycles. The lowest BCUT2D eigenvalue weighted by Gasteiger charge is -2.42. The quantitative estimate of drug-likeness (QED) is 0.834. The van der Waals surface area contributed by atoms with Crippen molar-refractivity contribution in [3.8, 4) is 0 Å². The molecule has 2 amide bonds. The maximum absolute atomic E-state index is 13.8. The van der Waals surface area contributed by atoms with E-state index >= 15 is 0 Å². The van der Waals surface area contributed by atoms with Gasteiger partial charge in [-0.1, -0.05) is 18.2 Å². The lowest BCUT2D eigenvalue weighted by Crippen LogP contribution is -2.57. The van der Waals surface area contributed by atoms with E-state index < -0.39 is 5.54 Å². The molecule has 1 fully saturated rings. The first kappa shape index (κ1) is 16.7. The molecule has 0 saturated carbocycles. The number of rotatable bonds is 3. The first-order chi connectivity index (χ1) is 12.6. The van der Waals surface area contributed by atoms with Crippen LogP contribution in [0.3, 0.4) is 0 Å². The summed E-state index contributed by atoms with van der Waals surface area (Å²) in [4.78, 5) is 18.9. The van der Waals surface area contributed by atoms with Crippen molar-refractivity contribution in [2.24, 2.45) is 4.99 Å². The first-order valence-electron chi connectivity index (χ1n) is 8.81. The van der Waals surface area contributed by atoms with Gasteiger partial charge < -0.3 is 11.1 Å². The van der Waals surface area contributed by atoms with Gasteiger partial charge in [-0.3, -0.25) is 4.90 Å². The van der Waals surface area contributed by atoms with Crippen molar-refractivity contribution >= 4 is 23.1 Å². The second-order valence-corrected chi connectivity index (χ2v) is 6.86. The monoisotopic (exact) mass is 352 g/mol. The first-order valence-corrected chi connectivity index (χ1v) is 8.81. The average Bonchev–Trinajstić information content (AvgIpc) is 2.86. The highest BCUT2D eigenvalue weighted by Crippen LogP contribution is 2.39. The van der Waals surface area contributed by atoms with Gasteiger partial charge in [0.15, 0.2) is 0 Å². The van der Waals surface area contributed by atoms with E-state index in [4.69, 9.17) is 5.73 Å². The fourth-order valence-corrected chi connectivity index (χ4v) is 4.01. The Balaban J connectivity index is 1.74. The predicted octanol–water partition coefficient (Wildman–Crippen LogP) is 3.15. The maximum Gasteiger partial charge on any atom is 0.348 e. The van der Waals surface area contributed by atoms with Crippen LogP contribution in [0.4, 0.5) is 20.6 Å². The third-order valence-electron chi connectivity index (χ3n) is 5.21. The summed E-state index contributed by atoms with van der Waals surface area (Å²) in [6.45, 7) is 1.57. The van der Waals surface area contributed by atoms with Gasteiger partial charge in [0.05, 0.1) is 11.3 Å². The van der Waals surface area contributed by atoms with Gasteiger partial charge in [0.25, 0.3) is 0 Å². The summed E-state index contributed by atoms with van der Waals surface area (Å²) in [5.74, 6) is -0.358. The van der Waals surface area contributed by atoms with Crippen LogP contribution in [-0.2, 0) is 6.42 Å². The number of carbonyl (C=O) groups excluding carboxylic acids is 1. The molecule has 0 bridgehead atoms. The Labute approximate surface area is 151 Å². The van der Waals surface area contributed by atoms with E-state index in [-0.39, 0.29) is 11.8 Å². The van der Waals surface area contributed by atoms with Crippen LogP contribution in [0.1, 0.15) is 18.4 Å². The maximum atomic E-state index is 13.8. The van der Waals surface area contributed by atoms with Crippen molar-refractivity contribution in [3.63, 3.8) is 0 Å². The standard InChI is InChI=1S/C20H21FN4O/c21-15-4-2-6-17(13-15)25-19(26)24-18(20(25)7-9-23-10-8-20)12-14-3-1-5-16(22)11-14/h1-6,11,13,23H,7-10,12,22H2. The number of halogens is 1. The molecule has 0 radical (unpaired) electrons. The number of carbonyl (C=O) groups is 1. The Hall–Kier alpha value is -2.73. The molecule has 2 aliphatic rings. The minimum atomic E-state index is -0.513. The summed E-state index contributed by atoms with van der Waals surface area (Å²) in [6.07, 6.45) is 2.05. The van der Waals surface area contributed by atoms with E-state index in [1.54, 1.807) is 17.0 Å². The summed E-state index contributed by atoms with van der Waals surface area (Å²) < 4.78 is 13.8. The molecule has 1 saturated heterocycles. The number of nitrogens with two attached hydrogens (primary N) is 1. The Morgan fingerprint density at radius 2 is 1.92 bits per heavy atom. The zero-order valence-corrected chi connectivity index (χ0v) is 14.4. The van der Waals surface area contributed by atoms with Crippen LogP contribution < -0.4 is 16.0 Å². The molecule has 5 nitrogen and oxygen atoms in total. The predicted molar refractivity (Wildman–Crippen MR) is 101 cm³/mol. The zero-order valence-electron chi connectivity index (χ0n) is 14.4. The molecule has 2 aromatic rings. The fourth-order valence-electron chi connectivity index (χ4n) is 4.01. The fraction of sp³-hybridized carbons (Fsp3) is 0.300. The van der Waals surface area contributed by atoms with E-state index in [1.807, 2.05) is 24.3 Å². The summed E-state index contributed by atoms with van der Waals surface area (Å²) in [6, 6.07) is 13.5. The van der Waals surface area contributed by atoms with Crippen molar-refractivity contribution in [1.82, 2.24) is 5.32 Å². The molecule has 4 rings (SSSR count). The van der Waals surface area contributed by atoms with Gasteiger partial charge in [0.1, 0.15) is 5.82 Å². The molecule has 6 heteroatoms. The van der Waals surface area contributed by atoms with Gasteiger partial charge in [0, 0.05) is 17.8 Å². The lowest BCUT2D eigenvalue weighted by atomic mass is 9.80. The number of amides is 2. The molecule has 0 aromatic heterocycles. The molecule has 0 atom stereocenters. The molecule has 2 aliphatic heterocycles. The normalized spacial score (nSPS) is 19.0. The number of aliphatic imine (C=N–C) groups is 1. The molecule has 2 aromatic carbocycles. The Morgan fingerprint density at radius 3 is 2.65 bits per heavy atom. The van der Waals surface area contributed by atoms with Crippen LogP contribution >= 0.6 is 0 Å². The molecule has 134 valence electrons. The van der Waals surface area contributed by atoms with Crippen molar-refractivity contribution in [3.05, 3.63) is 59.9 Å². The van der Waals surface area contributed by atoms with Crippen molar-refractivity contribution < 1.29 is 9.18 Å². The Kier molecular flexibility index (Phi) is 4.20. The van der Waals surface area contributed by atoms with Crippen molar-refractivity contribution in [1.29, 1.82) is 0 Å². The summed E-state index contributed by atoms with van der Waals surface area (Å²) >= 11 is 0. The van der Waals surface area contributed by atoms with Gasteiger partial charge in [-0.2, -0.15) is 4.99 Å². The number of benzene rings is 2. The smallest absolute Gasteiger partial charge is 0.348 e. The molecular weight excluding hydrogens is 331 g/mol. The van der Waals surface area contributed by atoms with E-state index in [9.17, 15) is 9.18 Å². The number of nitrogens with zero attached hydrogens (tertiary/aromatic N) is 2. The van der Waals surface area contributed by atoms with Crippen LogP contribution in [0.25, 0.3) is 0 Å². The number of nitrogen functional groups attached to an aromatic ring is 1. The Bertz CT molecular complexity index is 874. The molecular formula is C20H21FN4O. The number of hydrogen-bond acceptors (Lipinski definition) is 3. The summed E-state index contributed by atoms with van der Waals surface area (Å²) in [7, 11) is 0. The molecule has 0 unspecified atom stereocenters. The number of anilines is 2. The lowest BCUT2D eigenvalue weighted by molar-refractivity contribution is 0.250. The van der Waals surface area contributed by atoms with Crippen molar-refractivity contribution in [2.75, 3.05) is 23.7 Å². The highest BCUT2D eigenvalue weighted by molar-refractivity contribution is 6.17. The van der Waals surface area contributed by atoms with Crippen molar-refractivity contribution in [2.45, 2.75) is 24.8 Å². The van der Waals surface area contributed by atoms with Gasteiger partial charge in [0.2, 0.25) is 0 Å². The van der Waals surface area contributed by atoms with Crippen LogP contribution in [-0.4, -0.2) is 30.4 Å². The van der Waals surface area contributed by atoms with E-state index in [1.165, 1.54) is 12.1 Å². The van der Waals surface area contributed by atoms with Gasteiger partial charge in [-0.05, 0) is 61.8 Å². The van der Waals surface area contributed by atoms with E-state index in [0.29, 0.717) is 17.8 Å². The topological polar surface area (TPSA) is 70.7 Å². The average molecular weight is 352 g/mol. The van der Waals surface area contributed by atoms with Gasteiger partial charge in [-0.15, -0.1) is 0 Å². The SMILES string of the molecule is Nc1cccc(CC2=NC(=O)N(c3cccc(F)c3)C23CCNCC3)c1. The van der Waals surface area contributed by atoms with E-state index in [0.717, 1.165) is 37.2 Å². The minimum absolute atomic E-state index is 0.323. The van der Waals surface area contributed by atoms with Gasteiger partial charge in [-0.25, -0.2) is 9.18 Å². The zero-order chi connectivity index (χ0) is 18.1. The third-order valence-corrected chi connectivity index (χ3v) is 5.21. The van der Waals surface area contributed by atoms with Crippen LogP contribution in [0.2, 0.25) is 0 Å². The summed E-state index contributed by atoms with van der Waals surface area (Å²) in [5.41, 5.74) is 8.49. The highest BCUT2D eigenvalue weighted by Gasteiger charge is 2.50. The number of piperidine rings is 1. The number of nitrogens with one attached hydrogen (secondary N) is 1. The van der Waals surface area contributed by atoms with E-state index in [2.05, 4.69) is 10.3 Å². The molecule has 3 N–H and O–H groups in total. The Morgan fingerprint density at radius 1 is 1.15 bits per heavy atom. The second kappa shape index (κ2) is 6.53. The second-order valence-electron chi connectivity index (χ2n) is 6.86. The number of urea groups is 1.